The van der Waals surface area contributed by atoms with Gasteiger partial charge in [-0.1, -0.05) is 11.6 Å². The van der Waals surface area contributed by atoms with Crippen molar-refractivity contribution in [3.63, 3.8) is 0 Å². The Hall–Kier alpha value is -1.86. The van der Waals surface area contributed by atoms with Crippen molar-refractivity contribution in [3.8, 4) is 11.8 Å². The third-order valence-electron chi connectivity index (χ3n) is 1.87. The van der Waals surface area contributed by atoms with Crippen LogP contribution in [0.5, 0.6) is 0 Å². The van der Waals surface area contributed by atoms with Gasteiger partial charge in [0.1, 0.15) is 11.9 Å². The largest absolute Gasteiger partial charge is 0.240 e. The zero-order valence-corrected chi connectivity index (χ0v) is 8.24. The zero-order chi connectivity index (χ0) is 10.8. The van der Waals surface area contributed by atoms with Crippen LogP contribution in [0.2, 0.25) is 5.02 Å². The molecule has 0 aliphatic rings. The van der Waals surface area contributed by atoms with Gasteiger partial charge in [-0.2, -0.15) is 10.4 Å². The van der Waals surface area contributed by atoms with Crippen molar-refractivity contribution in [2.75, 3.05) is 0 Å². The maximum absolute atomic E-state index is 12.9. The molecule has 0 unspecified atom stereocenters. The number of rotatable bonds is 1. The van der Waals surface area contributed by atoms with Gasteiger partial charge in [-0.25, -0.2) is 9.07 Å². The zero-order valence-electron chi connectivity index (χ0n) is 7.48. The Balaban J connectivity index is 2.46. The van der Waals surface area contributed by atoms with Crippen LogP contribution in [0.25, 0.3) is 5.69 Å². The summed E-state index contributed by atoms with van der Waals surface area (Å²) in [5.74, 6) is -0.479. The van der Waals surface area contributed by atoms with E-state index in [1.807, 2.05) is 6.07 Å². The number of nitriles is 1. The first-order chi connectivity index (χ1) is 7.20. The molecule has 2 aromatic rings. The lowest BCUT2D eigenvalue weighted by Gasteiger charge is -2.01. The summed E-state index contributed by atoms with van der Waals surface area (Å²) in [4.78, 5) is 0. The first-order valence-electron chi connectivity index (χ1n) is 4.12. The molecule has 0 aliphatic heterocycles. The second kappa shape index (κ2) is 3.71. The summed E-state index contributed by atoms with van der Waals surface area (Å²) in [5.41, 5.74) is 0.915. The van der Waals surface area contributed by atoms with Crippen molar-refractivity contribution < 1.29 is 4.39 Å². The Morgan fingerprint density at radius 3 is 2.80 bits per heavy atom. The lowest BCUT2D eigenvalue weighted by atomic mass is 10.3. The van der Waals surface area contributed by atoms with E-state index >= 15 is 0 Å². The number of benzene rings is 1. The molecule has 3 nitrogen and oxygen atoms in total. The highest BCUT2D eigenvalue weighted by atomic mass is 35.5. The maximum Gasteiger partial charge on any atom is 0.162 e. The van der Waals surface area contributed by atoms with Gasteiger partial charge < -0.3 is 0 Å². The van der Waals surface area contributed by atoms with Gasteiger partial charge in [-0.3, -0.25) is 0 Å². The fourth-order valence-electron chi connectivity index (χ4n) is 1.15. The molecule has 0 saturated heterocycles. The highest BCUT2D eigenvalue weighted by Crippen LogP contribution is 2.18. The SMILES string of the molecule is N#Cc1ccn(-c2ccc(F)c(Cl)c2)n1. The van der Waals surface area contributed by atoms with E-state index in [1.165, 1.54) is 22.9 Å². The monoisotopic (exact) mass is 221 g/mol. The average molecular weight is 222 g/mol. The van der Waals surface area contributed by atoms with Crippen LogP contribution < -0.4 is 0 Å². The van der Waals surface area contributed by atoms with Crippen LogP contribution in [-0.2, 0) is 0 Å². The Bertz CT molecular complexity index is 542. The Morgan fingerprint density at radius 1 is 1.40 bits per heavy atom. The molecular weight excluding hydrogens is 217 g/mol. The van der Waals surface area contributed by atoms with Crippen LogP contribution in [0.4, 0.5) is 4.39 Å². The first kappa shape index (κ1) is 9.69. The molecule has 0 spiro atoms. The quantitative estimate of drug-likeness (QED) is 0.743. The van der Waals surface area contributed by atoms with E-state index in [1.54, 1.807) is 12.3 Å². The number of halogens is 2. The topological polar surface area (TPSA) is 41.6 Å². The van der Waals surface area contributed by atoms with E-state index in [-0.39, 0.29) is 5.02 Å². The Kier molecular flexibility index (Phi) is 2.40. The van der Waals surface area contributed by atoms with E-state index in [0.29, 0.717) is 11.4 Å². The molecule has 0 radical (unpaired) electrons. The predicted molar refractivity (Wildman–Crippen MR) is 53.2 cm³/mol. The van der Waals surface area contributed by atoms with Crippen LogP contribution in [-0.4, -0.2) is 9.78 Å². The van der Waals surface area contributed by atoms with Gasteiger partial charge >= 0.3 is 0 Å². The van der Waals surface area contributed by atoms with Gasteiger partial charge in [-0.15, -0.1) is 0 Å². The lowest BCUT2D eigenvalue weighted by Crippen LogP contribution is -1.95. The van der Waals surface area contributed by atoms with Gasteiger partial charge in [0, 0.05) is 6.20 Å². The second-order valence-corrected chi connectivity index (χ2v) is 3.26. The van der Waals surface area contributed by atoms with Crippen molar-refractivity contribution in [2.45, 2.75) is 0 Å². The van der Waals surface area contributed by atoms with Gasteiger partial charge in [0.2, 0.25) is 0 Å². The standard InChI is InChI=1S/C10H5ClFN3/c11-9-5-8(1-2-10(9)12)15-4-3-7(6-13)14-15/h1-5H. The lowest BCUT2D eigenvalue weighted by molar-refractivity contribution is 0.627. The van der Waals surface area contributed by atoms with E-state index in [0.717, 1.165) is 0 Å². The minimum Gasteiger partial charge on any atom is -0.240 e. The second-order valence-electron chi connectivity index (χ2n) is 2.86. The molecule has 0 saturated carbocycles. The molecule has 0 atom stereocenters. The predicted octanol–water partition coefficient (Wildman–Crippen LogP) is 2.54. The Morgan fingerprint density at radius 2 is 2.20 bits per heavy atom. The van der Waals surface area contributed by atoms with E-state index < -0.39 is 5.82 Å². The molecule has 1 aromatic carbocycles. The van der Waals surface area contributed by atoms with Gasteiger partial charge in [0.05, 0.1) is 10.7 Å². The van der Waals surface area contributed by atoms with Crippen LogP contribution in [0.1, 0.15) is 5.69 Å². The molecule has 0 amide bonds. The number of aromatic nitrogens is 2. The third kappa shape index (κ3) is 1.83. The highest BCUT2D eigenvalue weighted by Gasteiger charge is 2.04. The molecular formula is C10H5ClFN3. The minimum absolute atomic E-state index is 0.0292. The molecule has 0 bridgehead atoms. The summed E-state index contributed by atoms with van der Waals surface area (Å²) in [6.45, 7) is 0. The van der Waals surface area contributed by atoms with Gasteiger partial charge in [-0.05, 0) is 24.3 Å². The van der Waals surface area contributed by atoms with E-state index in [2.05, 4.69) is 5.10 Å². The van der Waals surface area contributed by atoms with Crippen molar-refractivity contribution in [2.24, 2.45) is 0 Å². The third-order valence-corrected chi connectivity index (χ3v) is 2.16. The molecule has 1 aromatic heterocycles. The van der Waals surface area contributed by atoms with E-state index in [4.69, 9.17) is 16.9 Å². The van der Waals surface area contributed by atoms with Crippen molar-refractivity contribution >= 4 is 11.6 Å². The summed E-state index contributed by atoms with van der Waals surface area (Å²) in [6, 6.07) is 7.71. The van der Waals surface area contributed by atoms with Crippen LogP contribution in [0.15, 0.2) is 30.5 Å². The molecule has 1 heterocycles. The van der Waals surface area contributed by atoms with Crippen molar-refractivity contribution in [1.29, 1.82) is 5.26 Å². The molecule has 74 valence electrons. The fourth-order valence-corrected chi connectivity index (χ4v) is 1.33. The fraction of sp³-hybridized carbons (Fsp3) is 0. The van der Waals surface area contributed by atoms with Gasteiger partial charge in [0.15, 0.2) is 5.69 Å². The van der Waals surface area contributed by atoms with Gasteiger partial charge in [0.25, 0.3) is 0 Å². The van der Waals surface area contributed by atoms with Crippen LogP contribution in [0, 0.1) is 17.1 Å². The normalized spacial score (nSPS) is 9.93. The number of hydrogen-bond acceptors (Lipinski definition) is 2. The minimum atomic E-state index is -0.479. The number of hydrogen-bond donors (Lipinski definition) is 0. The first-order valence-corrected chi connectivity index (χ1v) is 4.49. The molecule has 15 heavy (non-hydrogen) atoms. The summed E-state index contributed by atoms with van der Waals surface area (Å²) in [7, 11) is 0. The Labute approximate surface area is 90.3 Å². The summed E-state index contributed by atoms with van der Waals surface area (Å²) in [6.07, 6.45) is 1.61. The molecule has 0 N–H and O–H groups in total. The van der Waals surface area contributed by atoms with Crippen LogP contribution >= 0.6 is 11.6 Å². The summed E-state index contributed by atoms with van der Waals surface area (Å²) in [5, 5.41) is 12.6. The number of nitrogens with zero attached hydrogens (tertiary/aromatic N) is 3. The van der Waals surface area contributed by atoms with E-state index in [9.17, 15) is 4.39 Å². The molecule has 0 fully saturated rings. The van der Waals surface area contributed by atoms with Crippen molar-refractivity contribution in [1.82, 2.24) is 9.78 Å². The molecule has 5 heteroatoms. The summed E-state index contributed by atoms with van der Waals surface area (Å²) < 4.78 is 14.3. The average Bonchev–Trinajstić information content (AvgIpc) is 2.70. The maximum atomic E-state index is 12.9. The molecule has 0 aliphatic carbocycles. The van der Waals surface area contributed by atoms with Crippen LogP contribution in [0.3, 0.4) is 0 Å². The smallest absolute Gasteiger partial charge is 0.162 e. The molecule has 2 rings (SSSR count). The highest BCUT2D eigenvalue weighted by molar-refractivity contribution is 6.30. The summed E-state index contributed by atoms with van der Waals surface area (Å²) >= 11 is 5.62. The van der Waals surface area contributed by atoms with Crippen molar-refractivity contribution in [3.05, 3.63) is 47.0 Å².